The van der Waals surface area contributed by atoms with E-state index in [0.717, 1.165) is 12.0 Å². The van der Waals surface area contributed by atoms with Gasteiger partial charge in [-0.1, -0.05) is 19.1 Å². The largest absolute Gasteiger partial charge is 0.491 e. The highest BCUT2D eigenvalue weighted by atomic mass is 32.1. The lowest BCUT2D eigenvalue weighted by Crippen LogP contribution is -2.09. The van der Waals surface area contributed by atoms with Crippen LogP contribution in [0.25, 0.3) is 6.08 Å². The second-order valence-electron chi connectivity index (χ2n) is 4.22. The van der Waals surface area contributed by atoms with Crippen LogP contribution in [0.2, 0.25) is 0 Å². The summed E-state index contributed by atoms with van der Waals surface area (Å²) in [7, 11) is 0. The molecule has 0 aliphatic carbocycles. The normalized spacial score (nSPS) is 10.7. The topological polar surface area (TPSA) is 38.3 Å². The maximum Gasteiger partial charge on any atom is 0.248 e. The zero-order chi connectivity index (χ0) is 14.2. The first-order chi connectivity index (χ1) is 9.79. The van der Waals surface area contributed by atoms with Crippen molar-refractivity contribution in [1.29, 1.82) is 0 Å². The van der Waals surface area contributed by atoms with E-state index >= 15 is 0 Å². The van der Waals surface area contributed by atoms with Gasteiger partial charge in [-0.25, -0.2) is 0 Å². The van der Waals surface area contributed by atoms with Crippen LogP contribution in [0.3, 0.4) is 0 Å². The van der Waals surface area contributed by atoms with Gasteiger partial charge in [-0.15, -0.1) is 0 Å². The van der Waals surface area contributed by atoms with E-state index in [-0.39, 0.29) is 5.91 Å². The zero-order valence-corrected chi connectivity index (χ0v) is 12.2. The molecule has 3 nitrogen and oxygen atoms in total. The molecule has 104 valence electrons. The summed E-state index contributed by atoms with van der Waals surface area (Å²) in [6, 6.07) is 9.42. The van der Waals surface area contributed by atoms with Gasteiger partial charge < -0.3 is 10.1 Å². The van der Waals surface area contributed by atoms with E-state index < -0.39 is 0 Å². The number of para-hydroxylation sites is 2. The summed E-state index contributed by atoms with van der Waals surface area (Å²) in [6.45, 7) is 2.68. The smallest absolute Gasteiger partial charge is 0.248 e. The highest BCUT2D eigenvalue weighted by Crippen LogP contribution is 2.23. The molecule has 1 amide bonds. The van der Waals surface area contributed by atoms with Crippen molar-refractivity contribution in [3.05, 3.63) is 52.7 Å². The highest BCUT2D eigenvalue weighted by molar-refractivity contribution is 7.08. The van der Waals surface area contributed by atoms with Crippen LogP contribution in [-0.4, -0.2) is 12.5 Å². The lowest BCUT2D eigenvalue weighted by molar-refractivity contribution is -0.111. The first kappa shape index (κ1) is 14.3. The number of carbonyl (C=O) groups excluding carboxylic acids is 1. The first-order valence-electron chi connectivity index (χ1n) is 6.52. The first-order valence-corrected chi connectivity index (χ1v) is 7.47. The second-order valence-corrected chi connectivity index (χ2v) is 5.00. The Morgan fingerprint density at radius 2 is 2.20 bits per heavy atom. The van der Waals surface area contributed by atoms with Crippen molar-refractivity contribution in [2.45, 2.75) is 13.3 Å². The summed E-state index contributed by atoms with van der Waals surface area (Å²) in [5.41, 5.74) is 1.72. The van der Waals surface area contributed by atoms with Crippen molar-refractivity contribution in [3.63, 3.8) is 0 Å². The fourth-order valence-corrected chi connectivity index (χ4v) is 2.25. The van der Waals surface area contributed by atoms with Crippen LogP contribution >= 0.6 is 11.3 Å². The van der Waals surface area contributed by atoms with Crippen LogP contribution in [0.5, 0.6) is 5.75 Å². The summed E-state index contributed by atoms with van der Waals surface area (Å²) in [6.07, 6.45) is 4.25. The monoisotopic (exact) mass is 287 g/mol. The second kappa shape index (κ2) is 7.50. The standard InChI is InChI=1S/C16H17NO2S/c1-2-10-19-15-6-4-3-5-14(15)17-16(18)8-7-13-9-11-20-12-13/h3-9,11-12H,2,10H2,1H3,(H,17,18)/b8-7+. The Morgan fingerprint density at radius 1 is 1.35 bits per heavy atom. The molecule has 0 aliphatic rings. The average Bonchev–Trinajstić information content (AvgIpc) is 2.97. The van der Waals surface area contributed by atoms with E-state index in [2.05, 4.69) is 5.32 Å². The predicted octanol–water partition coefficient (Wildman–Crippen LogP) is 4.19. The lowest BCUT2D eigenvalue weighted by Gasteiger charge is -2.10. The molecule has 1 heterocycles. The number of nitrogens with one attached hydrogen (secondary N) is 1. The minimum absolute atomic E-state index is 0.163. The molecule has 2 aromatic rings. The van der Waals surface area contributed by atoms with E-state index in [0.29, 0.717) is 18.0 Å². The minimum Gasteiger partial charge on any atom is -0.491 e. The van der Waals surface area contributed by atoms with Crippen molar-refractivity contribution < 1.29 is 9.53 Å². The molecule has 0 saturated carbocycles. The van der Waals surface area contributed by atoms with Crippen molar-refractivity contribution in [1.82, 2.24) is 0 Å². The summed E-state index contributed by atoms with van der Waals surface area (Å²) in [5, 5.41) is 6.80. The fourth-order valence-electron chi connectivity index (χ4n) is 1.62. The van der Waals surface area contributed by atoms with E-state index in [1.807, 2.05) is 48.0 Å². The molecule has 0 radical (unpaired) electrons. The van der Waals surface area contributed by atoms with E-state index in [1.54, 1.807) is 17.4 Å². The Hall–Kier alpha value is -2.07. The molecule has 0 bridgehead atoms. The molecule has 0 aliphatic heterocycles. The number of carbonyl (C=O) groups is 1. The van der Waals surface area contributed by atoms with Gasteiger partial charge in [-0.2, -0.15) is 11.3 Å². The average molecular weight is 287 g/mol. The summed E-state index contributed by atoms with van der Waals surface area (Å²) in [5.74, 6) is 0.537. The van der Waals surface area contributed by atoms with Gasteiger partial charge in [0.2, 0.25) is 5.91 Å². The molecule has 2 rings (SSSR count). The Labute approximate surface area is 122 Å². The third-order valence-electron chi connectivity index (χ3n) is 2.58. The van der Waals surface area contributed by atoms with Gasteiger partial charge >= 0.3 is 0 Å². The van der Waals surface area contributed by atoms with E-state index in [1.165, 1.54) is 6.08 Å². The lowest BCUT2D eigenvalue weighted by atomic mass is 10.2. The molecule has 20 heavy (non-hydrogen) atoms. The fraction of sp³-hybridized carbons (Fsp3) is 0.188. The van der Waals surface area contributed by atoms with Gasteiger partial charge in [-0.3, -0.25) is 4.79 Å². The van der Waals surface area contributed by atoms with Crippen molar-refractivity contribution in [2.75, 3.05) is 11.9 Å². The maximum atomic E-state index is 11.9. The van der Waals surface area contributed by atoms with Crippen LogP contribution in [0.15, 0.2) is 47.2 Å². The number of anilines is 1. The molecular weight excluding hydrogens is 270 g/mol. The number of thiophene rings is 1. The predicted molar refractivity (Wildman–Crippen MR) is 84.2 cm³/mol. The molecule has 0 atom stereocenters. The van der Waals surface area contributed by atoms with Gasteiger partial charge in [0.15, 0.2) is 0 Å². The number of amides is 1. The zero-order valence-electron chi connectivity index (χ0n) is 11.3. The number of benzene rings is 1. The van der Waals surface area contributed by atoms with Gasteiger partial charge in [0.1, 0.15) is 5.75 Å². The molecule has 1 aromatic carbocycles. The van der Waals surface area contributed by atoms with E-state index in [9.17, 15) is 4.79 Å². The molecule has 1 aromatic heterocycles. The number of hydrogen-bond acceptors (Lipinski definition) is 3. The maximum absolute atomic E-state index is 11.9. The van der Waals surface area contributed by atoms with Gasteiger partial charge in [0, 0.05) is 6.08 Å². The van der Waals surface area contributed by atoms with Crippen LogP contribution in [0.1, 0.15) is 18.9 Å². The van der Waals surface area contributed by atoms with Crippen LogP contribution < -0.4 is 10.1 Å². The molecule has 0 fully saturated rings. The number of rotatable bonds is 6. The van der Waals surface area contributed by atoms with Crippen LogP contribution in [0.4, 0.5) is 5.69 Å². The van der Waals surface area contributed by atoms with Crippen molar-refractivity contribution in [2.24, 2.45) is 0 Å². The Bertz CT molecular complexity index is 576. The van der Waals surface area contributed by atoms with Gasteiger partial charge in [-0.05, 0) is 47.0 Å². The Kier molecular flexibility index (Phi) is 5.38. The van der Waals surface area contributed by atoms with Gasteiger partial charge in [0.25, 0.3) is 0 Å². The van der Waals surface area contributed by atoms with Crippen LogP contribution in [-0.2, 0) is 4.79 Å². The highest BCUT2D eigenvalue weighted by Gasteiger charge is 2.04. The number of ether oxygens (including phenoxy) is 1. The third-order valence-corrected chi connectivity index (χ3v) is 3.28. The van der Waals surface area contributed by atoms with Gasteiger partial charge in [0.05, 0.1) is 12.3 Å². The molecule has 0 unspecified atom stereocenters. The quantitative estimate of drug-likeness (QED) is 0.809. The molecule has 4 heteroatoms. The van der Waals surface area contributed by atoms with Crippen molar-refractivity contribution in [3.8, 4) is 5.75 Å². The van der Waals surface area contributed by atoms with Crippen LogP contribution in [0, 0.1) is 0 Å². The summed E-state index contributed by atoms with van der Waals surface area (Å²) >= 11 is 1.60. The molecule has 0 saturated heterocycles. The molecule has 1 N–H and O–H groups in total. The Morgan fingerprint density at radius 3 is 2.95 bits per heavy atom. The third kappa shape index (κ3) is 4.24. The summed E-state index contributed by atoms with van der Waals surface area (Å²) < 4.78 is 5.60. The van der Waals surface area contributed by atoms with E-state index in [4.69, 9.17) is 4.74 Å². The van der Waals surface area contributed by atoms with Crippen molar-refractivity contribution >= 4 is 29.0 Å². The molecule has 0 spiro atoms. The number of hydrogen-bond donors (Lipinski definition) is 1. The Balaban J connectivity index is 2.00. The SMILES string of the molecule is CCCOc1ccccc1NC(=O)/C=C/c1ccsc1. The minimum atomic E-state index is -0.163. The summed E-state index contributed by atoms with van der Waals surface area (Å²) in [4.78, 5) is 11.9. The molecular formula is C16H17NO2S.